The first-order chi connectivity index (χ1) is 12.1. The van der Waals surface area contributed by atoms with Gasteiger partial charge < -0.3 is 20.1 Å². The van der Waals surface area contributed by atoms with E-state index in [9.17, 15) is 4.79 Å². The van der Waals surface area contributed by atoms with Crippen molar-refractivity contribution < 1.29 is 14.3 Å². The molecule has 0 aliphatic rings. The maximum absolute atomic E-state index is 11.9. The van der Waals surface area contributed by atoms with E-state index in [0.717, 1.165) is 11.5 Å². The Morgan fingerprint density at radius 2 is 1.72 bits per heavy atom. The van der Waals surface area contributed by atoms with Crippen molar-refractivity contribution in [3.63, 3.8) is 0 Å². The Morgan fingerprint density at radius 3 is 2.40 bits per heavy atom. The Bertz CT molecular complexity index is 693. The fourth-order valence-corrected chi connectivity index (χ4v) is 2.34. The summed E-state index contributed by atoms with van der Waals surface area (Å²) in [5, 5.41) is 6.80. The summed E-state index contributed by atoms with van der Waals surface area (Å²) < 4.78 is 10.7. The van der Waals surface area contributed by atoms with Gasteiger partial charge in [-0.15, -0.1) is 0 Å². The van der Waals surface area contributed by atoms with Gasteiger partial charge in [0.25, 0.3) is 0 Å². The first-order valence-electron chi connectivity index (χ1n) is 7.81. The average Bonchev–Trinajstić information content (AvgIpc) is 2.61. The molecule has 0 unspecified atom stereocenters. The molecule has 0 aromatic heterocycles. The zero-order valence-electron chi connectivity index (χ0n) is 13.9. The van der Waals surface area contributed by atoms with Crippen LogP contribution in [-0.4, -0.2) is 32.7 Å². The molecule has 0 aliphatic heterocycles. The molecule has 1 amide bonds. The molecule has 0 radical (unpaired) electrons. The Balaban J connectivity index is 1.58. The molecular formula is C18H20Cl2N2O3. The number of carbonyl (C=O) groups excluding carboxylic acids is 1. The summed E-state index contributed by atoms with van der Waals surface area (Å²) in [5.41, 5.74) is 0.627. The van der Waals surface area contributed by atoms with Gasteiger partial charge in [0.1, 0.15) is 18.1 Å². The molecule has 2 aromatic carbocycles. The fourth-order valence-electron chi connectivity index (χ4n) is 2.04. The summed E-state index contributed by atoms with van der Waals surface area (Å²) in [7, 11) is 1.62. The molecule has 0 aliphatic carbocycles. The van der Waals surface area contributed by atoms with Gasteiger partial charge in [0, 0.05) is 25.2 Å². The van der Waals surface area contributed by atoms with E-state index in [1.165, 1.54) is 0 Å². The largest absolute Gasteiger partial charge is 0.497 e. The number of amides is 1. The molecule has 7 heteroatoms. The molecule has 0 heterocycles. The van der Waals surface area contributed by atoms with Crippen molar-refractivity contribution in [1.29, 1.82) is 0 Å². The second-order valence-corrected chi connectivity index (χ2v) is 6.02. The molecule has 0 fully saturated rings. The monoisotopic (exact) mass is 382 g/mol. The first-order valence-corrected chi connectivity index (χ1v) is 8.56. The number of rotatable bonds is 9. The van der Waals surface area contributed by atoms with Crippen LogP contribution in [0, 0.1) is 0 Å². The van der Waals surface area contributed by atoms with E-state index in [1.807, 2.05) is 24.3 Å². The maximum atomic E-state index is 11.9. The average molecular weight is 383 g/mol. The number of carbonyl (C=O) groups is 1. The van der Waals surface area contributed by atoms with Crippen LogP contribution in [0.25, 0.3) is 0 Å². The van der Waals surface area contributed by atoms with Crippen molar-refractivity contribution >= 4 is 34.8 Å². The molecule has 25 heavy (non-hydrogen) atoms. The summed E-state index contributed by atoms with van der Waals surface area (Å²) in [6.07, 6.45) is 0.350. The van der Waals surface area contributed by atoms with Crippen molar-refractivity contribution in [3.05, 3.63) is 52.5 Å². The highest BCUT2D eigenvalue weighted by molar-refractivity contribution is 6.42. The zero-order valence-corrected chi connectivity index (χ0v) is 15.4. The number of hydrogen-bond acceptors (Lipinski definition) is 4. The summed E-state index contributed by atoms with van der Waals surface area (Å²) in [4.78, 5) is 11.9. The minimum absolute atomic E-state index is 0.0954. The molecular weight excluding hydrogens is 363 g/mol. The zero-order chi connectivity index (χ0) is 18.1. The molecule has 0 saturated heterocycles. The highest BCUT2D eigenvalue weighted by atomic mass is 35.5. The molecule has 5 nitrogen and oxygen atoms in total. The van der Waals surface area contributed by atoms with Gasteiger partial charge in [-0.3, -0.25) is 4.79 Å². The van der Waals surface area contributed by atoms with Gasteiger partial charge >= 0.3 is 0 Å². The van der Waals surface area contributed by atoms with Crippen LogP contribution in [0.4, 0.5) is 5.69 Å². The van der Waals surface area contributed by atoms with Gasteiger partial charge in [-0.2, -0.15) is 0 Å². The molecule has 0 bridgehead atoms. The van der Waals surface area contributed by atoms with Gasteiger partial charge in [0.05, 0.1) is 17.2 Å². The lowest BCUT2D eigenvalue weighted by molar-refractivity contribution is -0.116. The molecule has 2 aromatic rings. The normalized spacial score (nSPS) is 10.4. The lowest BCUT2D eigenvalue weighted by atomic mass is 10.3. The SMILES string of the molecule is COc1ccc(OCCNCCC(=O)Nc2ccc(Cl)c(Cl)c2)cc1. The predicted molar refractivity (Wildman–Crippen MR) is 101 cm³/mol. The third-order valence-corrected chi connectivity index (χ3v) is 4.08. The van der Waals surface area contributed by atoms with Crippen molar-refractivity contribution in [1.82, 2.24) is 5.32 Å². The van der Waals surface area contributed by atoms with Crippen LogP contribution in [0.3, 0.4) is 0 Å². The van der Waals surface area contributed by atoms with Crippen LogP contribution in [0.15, 0.2) is 42.5 Å². The van der Waals surface area contributed by atoms with E-state index < -0.39 is 0 Å². The predicted octanol–water partition coefficient (Wildman–Crippen LogP) is 4.00. The highest BCUT2D eigenvalue weighted by Crippen LogP contribution is 2.25. The van der Waals surface area contributed by atoms with E-state index in [4.69, 9.17) is 32.7 Å². The Labute approximate surface area is 157 Å². The Kier molecular flexibility index (Phi) is 7.85. The van der Waals surface area contributed by atoms with E-state index >= 15 is 0 Å². The summed E-state index contributed by atoms with van der Waals surface area (Å²) in [6.45, 7) is 1.71. The minimum atomic E-state index is -0.0954. The molecule has 2 N–H and O–H groups in total. The number of halogens is 2. The number of methoxy groups -OCH3 is 1. The molecule has 134 valence electrons. The quantitative estimate of drug-likeness (QED) is 0.643. The minimum Gasteiger partial charge on any atom is -0.497 e. The summed E-state index contributed by atoms with van der Waals surface area (Å²) in [5.74, 6) is 1.47. The van der Waals surface area contributed by atoms with Crippen LogP contribution in [0.5, 0.6) is 11.5 Å². The number of ether oxygens (including phenoxy) is 2. The lowest BCUT2D eigenvalue weighted by Gasteiger charge is -2.09. The second kappa shape index (κ2) is 10.1. The standard InChI is InChI=1S/C18H20Cl2N2O3/c1-24-14-3-5-15(6-4-14)25-11-10-21-9-8-18(23)22-13-2-7-16(19)17(20)12-13/h2-7,12,21H,8-11H2,1H3,(H,22,23). The number of nitrogens with one attached hydrogen (secondary N) is 2. The van der Waals surface area contributed by atoms with Crippen molar-refractivity contribution in [2.24, 2.45) is 0 Å². The lowest BCUT2D eigenvalue weighted by Crippen LogP contribution is -2.25. The van der Waals surface area contributed by atoms with Gasteiger partial charge in [0.2, 0.25) is 5.91 Å². The van der Waals surface area contributed by atoms with Gasteiger partial charge in [-0.1, -0.05) is 23.2 Å². The van der Waals surface area contributed by atoms with Crippen molar-refractivity contribution in [3.8, 4) is 11.5 Å². The van der Waals surface area contributed by atoms with Gasteiger partial charge in [-0.05, 0) is 42.5 Å². The molecule has 0 spiro atoms. The van der Waals surface area contributed by atoms with Gasteiger partial charge in [0.15, 0.2) is 0 Å². The topological polar surface area (TPSA) is 59.6 Å². The van der Waals surface area contributed by atoms with E-state index in [-0.39, 0.29) is 5.91 Å². The Morgan fingerprint density at radius 1 is 1.00 bits per heavy atom. The third-order valence-electron chi connectivity index (χ3n) is 3.34. The molecule has 2 rings (SSSR count). The van der Waals surface area contributed by atoms with E-state index in [1.54, 1.807) is 25.3 Å². The first kappa shape index (κ1) is 19.4. The molecule has 0 saturated carbocycles. The van der Waals surface area contributed by atoms with Crippen LogP contribution in [0.2, 0.25) is 10.0 Å². The summed E-state index contributed by atoms with van der Waals surface area (Å²) in [6, 6.07) is 12.4. The second-order valence-electron chi connectivity index (χ2n) is 5.20. The number of hydrogen-bond donors (Lipinski definition) is 2. The van der Waals surface area contributed by atoms with Gasteiger partial charge in [-0.25, -0.2) is 0 Å². The summed E-state index contributed by atoms with van der Waals surface area (Å²) >= 11 is 11.7. The van der Waals surface area contributed by atoms with Crippen molar-refractivity contribution in [2.45, 2.75) is 6.42 Å². The maximum Gasteiger partial charge on any atom is 0.225 e. The Hall–Kier alpha value is -1.95. The van der Waals surface area contributed by atoms with Crippen LogP contribution in [0.1, 0.15) is 6.42 Å². The number of anilines is 1. The molecule has 0 atom stereocenters. The number of benzene rings is 2. The fraction of sp³-hybridized carbons (Fsp3) is 0.278. The highest BCUT2D eigenvalue weighted by Gasteiger charge is 2.04. The van der Waals surface area contributed by atoms with Crippen LogP contribution >= 0.6 is 23.2 Å². The van der Waals surface area contributed by atoms with E-state index in [0.29, 0.717) is 41.8 Å². The third kappa shape index (κ3) is 6.82. The van der Waals surface area contributed by atoms with E-state index in [2.05, 4.69) is 10.6 Å². The van der Waals surface area contributed by atoms with Crippen LogP contribution in [-0.2, 0) is 4.79 Å². The van der Waals surface area contributed by atoms with Crippen molar-refractivity contribution in [2.75, 3.05) is 32.1 Å². The smallest absolute Gasteiger partial charge is 0.225 e. The van der Waals surface area contributed by atoms with Crippen LogP contribution < -0.4 is 20.1 Å².